The molecule has 3 N–H and O–H groups in total. The predicted octanol–water partition coefficient (Wildman–Crippen LogP) is 5.45. The van der Waals surface area contributed by atoms with Crippen molar-refractivity contribution in [3.05, 3.63) is 52.0 Å². The summed E-state index contributed by atoms with van der Waals surface area (Å²) in [4.78, 5) is 26.3. The second kappa shape index (κ2) is 7.72. The normalized spacial score (nSPS) is 11.9. The van der Waals surface area contributed by atoms with Gasteiger partial charge in [-0.05, 0) is 30.3 Å². The van der Waals surface area contributed by atoms with Gasteiger partial charge in [-0.3, -0.25) is 9.59 Å². The largest absolute Gasteiger partial charge is 0.493 e. The SMILES string of the molecule is O=C(N=Nc1c(O)[nH]c2c(Cl)cc(Cl)cc12)C(=O)Nc1cccc(C(F)(F)F)c1. The quantitative estimate of drug-likeness (QED) is 0.361. The van der Waals surface area contributed by atoms with Crippen LogP contribution in [-0.4, -0.2) is 21.9 Å². The number of carbonyl (C=O) groups excluding carboxylic acids is 2. The molecular weight excluding hydrogens is 436 g/mol. The third-order valence-corrected chi connectivity index (χ3v) is 4.18. The summed E-state index contributed by atoms with van der Waals surface area (Å²) in [7, 11) is 0. The Morgan fingerprint density at radius 1 is 1.14 bits per heavy atom. The van der Waals surface area contributed by atoms with Gasteiger partial charge in [0.15, 0.2) is 5.69 Å². The number of nitrogens with zero attached hydrogens (tertiary/aromatic N) is 2. The van der Waals surface area contributed by atoms with Crippen molar-refractivity contribution >= 4 is 57.3 Å². The molecule has 0 saturated carbocycles. The summed E-state index contributed by atoms with van der Waals surface area (Å²) >= 11 is 11.9. The molecule has 150 valence electrons. The molecule has 2 aromatic carbocycles. The first kappa shape index (κ1) is 20.6. The number of aromatic hydroxyl groups is 1. The van der Waals surface area contributed by atoms with Gasteiger partial charge >= 0.3 is 18.0 Å². The molecule has 0 unspecified atom stereocenters. The highest BCUT2D eigenvalue weighted by Crippen LogP contribution is 2.40. The van der Waals surface area contributed by atoms with Crippen molar-refractivity contribution in [3.63, 3.8) is 0 Å². The molecule has 0 fully saturated rings. The fraction of sp³-hybridized carbons (Fsp3) is 0.0588. The van der Waals surface area contributed by atoms with E-state index in [4.69, 9.17) is 23.2 Å². The zero-order chi connectivity index (χ0) is 21.3. The molecule has 12 heteroatoms. The number of fused-ring (bicyclic) bond motifs is 1. The van der Waals surface area contributed by atoms with E-state index in [0.29, 0.717) is 6.07 Å². The molecule has 0 bridgehead atoms. The summed E-state index contributed by atoms with van der Waals surface area (Å²) < 4.78 is 38.1. The first-order valence-corrected chi connectivity index (χ1v) is 8.46. The lowest BCUT2D eigenvalue weighted by atomic mass is 10.2. The van der Waals surface area contributed by atoms with Crippen molar-refractivity contribution in [1.82, 2.24) is 4.98 Å². The zero-order valence-electron chi connectivity index (χ0n) is 14.0. The van der Waals surface area contributed by atoms with Crippen LogP contribution in [0, 0.1) is 0 Å². The van der Waals surface area contributed by atoms with Crippen molar-refractivity contribution in [2.45, 2.75) is 6.18 Å². The number of H-pyrrole nitrogens is 1. The number of azo groups is 1. The number of nitrogens with one attached hydrogen (secondary N) is 2. The fourth-order valence-corrected chi connectivity index (χ4v) is 2.93. The maximum absolute atomic E-state index is 12.7. The predicted molar refractivity (Wildman–Crippen MR) is 99.6 cm³/mol. The van der Waals surface area contributed by atoms with E-state index in [1.165, 1.54) is 18.2 Å². The maximum atomic E-state index is 12.7. The number of carbonyl (C=O) groups is 2. The number of aromatic amines is 1. The van der Waals surface area contributed by atoms with E-state index in [2.05, 4.69) is 15.2 Å². The van der Waals surface area contributed by atoms with Gasteiger partial charge in [-0.2, -0.15) is 13.2 Å². The van der Waals surface area contributed by atoms with Crippen LogP contribution in [0.2, 0.25) is 10.0 Å². The van der Waals surface area contributed by atoms with Crippen molar-refractivity contribution in [3.8, 4) is 5.88 Å². The van der Waals surface area contributed by atoms with Crippen LogP contribution < -0.4 is 5.32 Å². The maximum Gasteiger partial charge on any atom is 0.416 e. The van der Waals surface area contributed by atoms with E-state index in [1.807, 2.05) is 5.32 Å². The molecule has 0 spiro atoms. The smallest absolute Gasteiger partial charge is 0.416 e. The van der Waals surface area contributed by atoms with Crippen LogP contribution >= 0.6 is 23.2 Å². The number of hydrogen-bond acceptors (Lipinski definition) is 4. The van der Waals surface area contributed by atoms with Gasteiger partial charge in [-0.15, -0.1) is 10.2 Å². The Labute approximate surface area is 170 Å². The standard InChI is InChI=1S/C17H9Cl2F3N4O3/c18-8-5-10-12(11(19)6-8)24-14(27)13(10)25-26-16(29)15(28)23-9-3-1-2-7(4-9)17(20,21)22/h1-6,24,27H,(H,23,28). The van der Waals surface area contributed by atoms with Crippen molar-refractivity contribution in [2.75, 3.05) is 5.32 Å². The summed E-state index contributed by atoms with van der Waals surface area (Å²) in [6.07, 6.45) is -4.61. The average Bonchev–Trinajstić information content (AvgIpc) is 2.95. The number of amides is 2. The summed E-state index contributed by atoms with van der Waals surface area (Å²) in [6.45, 7) is 0. The van der Waals surface area contributed by atoms with Gasteiger partial charge in [0, 0.05) is 16.1 Å². The molecule has 0 atom stereocenters. The van der Waals surface area contributed by atoms with Crippen LogP contribution in [0.25, 0.3) is 10.9 Å². The summed E-state index contributed by atoms with van der Waals surface area (Å²) in [6, 6.07) is 6.54. The van der Waals surface area contributed by atoms with Crippen LogP contribution in [0.15, 0.2) is 46.6 Å². The second-order valence-electron chi connectivity index (χ2n) is 5.67. The van der Waals surface area contributed by atoms with E-state index >= 15 is 0 Å². The van der Waals surface area contributed by atoms with Crippen molar-refractivity contribution in [2.24, 2.45) is 10.2 Å². The van der Waals surface area contributed by atoms with E-state index in [0.717, 1.165) is 12.1 Å². The van der Waals surface area contributed by atoms with Gasteiger partial charge in [0.05, 0.1) is 16.1 Å². The minimum atomic E-state index is -4.61. The van der Waals surface area contributed by atoms with Gasteiger partial charge in [-0.1, -0.05) is 29.3 Å². The molecule has 3 aromatic rings. The monoisotopic (exact) mass is 444 g/mol. The minimum absolute atomic E-state index is 0.179. The van der Waals surface area contributed by atoms with Crippen LogP contribution in [0.5, 0.6) is 5.88 Å². The molecule has 0 saturated heterocycles. The highest BCUT2D eigenvalue weighted by molar-refractivity contribution is 6.40. The highest BCUT2D eigenvalue weighted by Gasteiger charge is 2.30. The molecule has 2 amide bonds. The third-order valence-electron chi connectivity index (χ3n) is 3.66. The molecule has 0 aliphatic carbocycles. The van der Waals surface area contributed by atoms with E-state index in [9.17, 15) is 27.9 Å². The summed E-state index contributed by atoms with van der Waals surface area (Å²) in [5, 5.41) is 19.3. The van der Waals surface area contributed by atoms with E-state index in [-0.39, 0.29) is 32.3 Å². The number of anilines is 1. The topological polar surface area (TPSA) is 107 Å². The molecular formula is C17H9Cl2F3N4O3. The van der Waals surface area contributed by atoms with E-state index in [1.54, 1.807) is 0 Å². The minimum Gasteiger partial charge on any atom is -0.493 e. The number of aromatic nitrogens is 1. The van der Waals surface area contributed by atoms with Crippen LogP contribution in [0.4, 0.5) is 24.5 Å². The average molecular weight is 445 g/mol. The van der Waals surface area contributed by atoms with Gasteiger partial charge in [0.25, 0.3) is 0 Å². The first-order chi connectivity index (χ1) is 13.6. The number of benzene rings is 2. The van der Waals surface area contributed by atoms with Crippen LogP contribution in [0.1, 0.15) is 5.56 Å². The fourth-order valence-electron chi connectivity index (χ4n) is 2.39. The first-order valence-electron chi connectivity index (χ1n) is 7.70. The van der Waals surface area contributed by atoms with E-state index < -0.39 is 29.4 Å². The molecule has 0 aliphatic rings. The Bertz CT molecular complexity index is 1160. The van der Waals surface area contributed by atoms with Crippen LogP contribution in [0.3, 0.4) is 0 Å². The summed E-state index contributed by atoms with van der Waals surface area (Å²) in [5.74, 6) is -3.19. The second-order valence-corrected chi connectivity index (χ2v) is 6.51. The highest BCUT2D eigenvalue weighted by atomic mass is 35.5. The number of halogens is 5. The Hall–Kier alpha value is -3.11. The molecule has 0 radical (unpaired) electrons. The van der Waals surface area contributed by atoms with Crippen molar-refractivity contribution < 1.29 is 27.9 Å². The Kier molecular flexibility index (Phi) is 5.49. The third kappa shape index (κ3) is 4.49. The molecule has 1 heterocycles. The summed E-state index contributed by atoms with van der Waals surface area (Å²) in [5.41, 5.74) is -1.16. The Morgan fingerprint density at radius 3 is 2.55 bits per heavy atom. The van der Waals surface area contributed by atoms with Gasteiger partial charge in [0.2, 0.25) is 5.88 Å². The molecule has 7 nitrogen and oxygen atoms in total. The van der Waals surface area contributed by atoms with Gasteiger partial charge < -0.3 is 15.4 Å². The number of hydrogen-bond donors (Lipinski definition) is 3. The number of alkyl halides is 3. The molecule has 3 rings (SSSR count). The lowest BCUT2D eigenvalue weighted by Gasteiger charge is -2.08. The van der Waals surface area contributed by atoms with Crippen LogP contribution in [-0.2, 0) is 15.8 Å². The lowest BCUT2D eigenvalue weighted by molar-refractivity contribution is -0.137. The Morgan fingerprint density at radius 2 is 1.86 bits per heavy atom. The molecule has 0 aliphatic heterocycles. The molecule has 29 heavy (non-hydrogen) atoms. The zero-order valence-corrected chi connectivity index (χ0v) is 15.5. The van der Waals surface area contributed by atoms with Crippen molar-refractivity contribution in [1.29, 1.82) is 0 Å². The van der Waals surface area contributed by atoms with Gasteiger partial charge in [0.1, 0.15) is 0 Å². The Balaban J connectivity index is 1.80. The van der Waals surface area contributed by atoms with Gasteiger partial charge in [-0.25, -0.2) is 0 Å². The number of rotatable bonds is 2. The molecule has 1 aromatic heterocycles. The lowest BCUT2D eigenvalue weighted by Crippen LogP contribution is -2.20.